The van der Waals surface area contributed by atoms with E-state index in [4.69, 9.17) is 5.26 Å². The third kappa shape index (κ3) is 1.25. The van der Waals surface area contributed by atoms with Crippen molar-refractivity contribution in [2.75, 3.05) is 0 Å². The van der Waals surface area contributed by atoms with Crippen molar-refractivity contribution in [1.82, 2.24) is 4.57 Å². The normalized spacial score (nSPS) is 14.4. The Labute approximate surface area is 94.4 Å². The van der Waals surface area contributed by atoms with E-state index in [1.165, 1.54) is 29.3 Å². The zero-order chi connectivity index (χ0) is 11.0. The molecule has 0 aliphatic carbocycles. The molecule has 2 aromatic rings. The molecule has 0 N–H and O–H groups in total. The lowest BCUT2D eigenvalue weighted by molar-refractivity contribution is 0.636. The van der Waals surface area contributed by atoms with E-state index in [2.05, 4.69) is 29.0 Å². The van der Waals surface area contributed by atoms with Crippen LogP contribution in [0.4, 0.5) is 0 Å². The smallest absolute Gasteiger partial charge is 0.0912 e. The molecule has 2 nitrogen and oxygen atoms in total. The number of hydrogen-bond acceptors (Lipinski definition) is 1. The van der Waals surface area contributed by atoms with Gasteiger partial charge >= 0.3 is 0 Å². The van der Waals surface area contributed by atoms with Crippen molar-refractivity contribution < 1.29 is 0 Å². The Morgan fingerprint density at radius 1 is 1.38 bits per heavy atom. The summed E-state index contributed by atoms with van der Waals surface area (Å²) >= 11 is 0. The van der Waals surface area contributed by atoms with Gasteiger partial charge in [-0.25, -0.2) is 0 Å². The summed E-state index contributed by atoms with van der Waals surface area (Å²) in [6, 6.07) is 8.50. The quantitative estimate of drug-likeness (QED) is 0.662. The van der Waals surface area contributed by atoms with Crippen LogP contribution in [0.1, 0.15) is 17.5 Å². The second-order valence-electron chi connectivity index (χ2n) is 4.16. The summed E-state index contributed by atoms with van der Waals surface area (Å²) in [5, 5.41) is 9.85. The maximum absolute atomic E-state index is 8.59. The maximum atomic E-state index is 8.59. The molecule has 0 saturated carbocycles. The van der Waals surface area contributed by atoms with Crippen molar-refractivity contribution in [2.45, 2.75) is 19.4 Å². The van der Waals surface area contributed by atoms with Crippen LogP contribution in [0.2, 0.25) is 0 Å². The Balaban J connectivity index is 2.30. The van der Waals surface area contributed by atoms with Crippen LogP contribution in [-0.2, 0) is 13.0 Å². The van der Waals surface area contributed by atoms with Crippen LogP contribution in [0.3, 0.4) is 0 Å². The van der Waals surface area contributed by atoms with E-state index in [-0.39, 0.29) is 0 Å². The number of para-hydroxylation sites is 1. The molecule has 1 aliphatic rings. The lowest BCUT2D eigenvalue weighted by Gasteiger charge is -2.14. The van der Waals surface area contributed by atoms with E-state index in [0.717, 1.165) is 12.1 Å². The van der Waals surface area contributed by atoms with Gasteiger partial charge in [-0.15, -0.1) is 0 Å². The standard InChI is InChI=1S/C14H12N2/c15-8-2-5-12-10-16-9-3-6-11-4-1-7-13(12)14(11)16/h1-2,4-5,7,10H,3,6,9H2. The molecule has 0 bridgehead atoms. The molecule has 0 unspecified atom stereocenters. The van der Waals surface area contributed by atoms with Gasteiger partial charge in [0.15, 0.2) is 0 Å². The Hall–Kier alpha value is -2.01. The molecule has 78 valence electrons. The molecule has 0 atom stereocenters. The molecule has 0 saturated heterocycles. The minimum absolute atomic E-state index is 1.09. The van der Waals surface area contributed by atoms with Crippen molar-refractivity contribution in [2.24, 2.45) is 0 Å². The van der Waals surface area contributed by atoms with E-state index in [1.807, 2.05) is 12.1 Å². The van der Waals surface area contributed by atoms with E-state index in [0.29, 0.717) is 0 Å². The lowest BCUT2D eigenvalue weighted by atomic mass is 10.0. The maximum Gasteiger partial charge on any atom is 0.0912 e. The number of nitriles is 1. The summed E-state index contributed by atoms with van der Waals surface area (Å²) in [5.41, 5.74) is 3.94. The zero-order valence-corrected chi connectivity index (χ0v) is 8.98. The van der Waals surface area contributed by atoms with E-state index in [9.17, 15) is 0 Å². The highest BCUT2D eigenvalue weighted by Crippen LogP contribution is 2.29. The predicted molar refractivity (Wildman–Crippen MR) is 64.9 cm³/mol. The molecule has 3 rings (SSSR count). The molecule has 2 heterocycles. The van der Waals surface area contributed by atoms with Crippen LogP contribution < -0.4 is 0 Å². The molecule has 1 aromatic heterocycles. The van der Waals surface area contributed by atoms with E-state index < -0.39 is 0 Å². The van der Waals surface area contributed by atoms with E-state index in [1.54, 1.807) is 6.08 Å². The number of benzene rings is 1. The van der Waals surface area contributed by atoms with Gasteiger partial charge < -0.3 is 4.57 Å². The van der Waals surface area contributed by atoms with Gasteiger partial charge in [-0.2, -0.15) is 5.26 Å². The highest BCUT2D eigenvalue weighted by atomic mass is 15.0. The second-order valence-corrected chi connectivity index (χ2v) is 4.16. The van der Waals surface area contributed by atoms with Gasteiger partial charge in [-0.1, -0.05) is 18.2 Å². The molecule has 0 spiro atoms. The first kappa shape index (κ1) is 9.23. The first-order valence-corrected chi connectivity index (χ1v) is 5.57. The van der Waals surface area contributed by atoms with Crippen LogP contribution in [0.15, 0.2) is 30.5 Å². The number of nitrogens with zero attached hydrogens (tertiary/aromatic N) is 2. The number of aryl methyl sites for hydroxylation is 2. The fourth-order valence-electron chi connectivity index (χ4n) is 2.54. The van der Waals surface area contributed by atoms with Gasteiger partial charge in [-0.05, 0) is 24.5 Å². The summed E-state index contributed by atoms with van der Waals surface area (Å²) in [5.74, 6) is 0. The highest BCUT2D eigenvalue weighted by molar-refractivity contribution is 5.92. The SMILES string of the molecule is N#CC=Cc1cn2c3c(cccc13)CCC2. The Morgan fingerprint density at radius 3 is 3.19 bits per heavy atom. The second kappa shape index (κ2) is 3.53. The number of hydrogen-bond donors (Lipinski definition) is 0. The monoisotopic (exact) mass is 208 g/mol. The average Bonchev–Trinajstić information content (AvgIpc) is 2.68. The zero-order valence-electron chi connectivity index (χ0n) is 8.98. The average molecular weight is 208 g/mol. The van der Waals surface area contributed by atoms with Crippen molar-refractivity contribution in [3.8, 4) is 6.07 Å². The lowest BCUT2D eigenvalue weighted by Crippen LogP contribution is -2.05. The summed E-state index contributed by atoms with van der Waals surface area (Å²) in [4.78, 5) is 0. The molecular weight excluding hydrogens is 196 g/mol. The van der Waals surface area contributed by atoms with Gasteiger partial charge in [-0.3, -0.25) is 0 Å². The van der Waals surface area contributed by atoms with Gasteiger partial charge in [0, 0.05) is 29.8 Å². The van der Waals surface area contributed by atoms with Crippen molar-refractivity contribution in [3.05, 3.63) is 41.6 Å². The summed E-state index contributed by atoms with van der Waals surface area (Å²) in [7, 11) is 0. The molecular formula is C14H12N2. The van der Waals surface area contributed by atoms with Crippen molar-refractivity contribution in [1.29, 1.82) is 5.26 Å². The largest absolute Gasteiger partial charge is 0.347 e. The molecule has 1 aromatic carbocycles. The summed E-state index contributed by atoms with van der Waals surface area (Å²) in [6.07, 6.45) is 7.98. The minimum atomic E-state index is 1.09. The molecule has 0 radical (unpaired) electrons. The molecule has 16 heavy (non-hydrogen) atoms. The first-order valence-electron chi connectivity index (χ1n) is 5.57. The minimum Gasteiger partial charge on any atom is -0.347 e. The first-order chi connectivity index (χ1) is 7.90. The van der Waals surface area contributed by atoms with Crippen LogP contribution >= 0.6 is 0 Å². The third-order valence-electron chi connectivity index (χ3n) is 3.20. The highest BCUT2D eigenvalue weighted by Gasteiger charge is 2.14. The summed E-state index contributed by atoms with van der Waals surface area (Å²) < 4.78 is 2.31. The molecule has 0 amide bonds. The van der Waals surface area contributed by atoms with Crippen molar-refractivity contribution >= 4 is 17.0 Å². The van der Waals surface area contributed by atoms with Crippen LogP contribution in [0.5, 0.6) is 0 Å². The van der Waals surface area contributed by atoms with Gasteiger partial charge in [0.1, 0.15) is 0 Å². The number of aromatic nitrogens is 1. The van der Waals surface area contributed by atoms with Gasteiger partial charge in [0.2, 0.25) is 0 Å². The fraction of sp³-hybridized carbons (Fsp3) is 0.214. The topological polar surface area (TPSA) is 28.7 Å². The van der Waals surface area contributed by atoms with Crippen molar-refractivity contribution in [3.63, 3.8) is 0 Å². The van der Waals surface area contributed by atoms with Gasteiger partial charge in [0.25, 0.3) is 0 Å². The van der Waals surface area contributed by atoms with Crippen LogP contribution in [0.25, 0.3) is 17.0 Å². The molecule has 0 fully saturated rings. The van der Waals surface area contributed by atoms with E-state index >= 15 is 0 Å². The third-order valence-corrected chi connectivity index (χ3v) is 3.20. The van der Waals surface area contributed by atoms with Crippen LogP contribution in [-0.4, -0.2) is 4.57 Å². The Morgan fingerprint density at radius 2 is 2.31 bits per heavy atom. The van der Waals surface area contributed by atoms with Gasteiger partial charge in [0.05, 0.1) is 11.6 Å². The number of allylic oxidation sites excluding steroid dienone is 1. The Bertz CT molecular complexity index is 611. The fourth-order valence-corrected chi connectivity index (χ4v) is 2.54. The molecule has 1 aliphatic heterocycles. The number of rotatable bonds is 1. The van der Waals surface area contributed by atoms with Crippen LogP contribution in [0, 0.1) is 11.3 Å². The Kier molecular flexibility index (Phi) is 2.04. The molecule has 2 heteroatoms. The summed E-state index contributed by atoms with van der Waals surface area (Å²) in [6.45, 7) is 1.09. The predicted octanol–water partition coefficient (Wildman–Crippen LogP) is 3.12.